The van der Waals surface area contributed by atoms with Crippen molar-refractivity contribution >= 4 is 21.6 Å². The number of hydrogen-bond donors (Lipinski definition) is 2. The van der Waals surface area contributed by atoms with Gasteiger partial charge in [-0.05, 0) is 59.9 Å². The Bertz CT molecular complexity index is 376. The van der Waals surface area contributed by atoms with Crippen molar-refractivity contribution in [3.63, 3.8) is 0 Å². The number of nitrogens with one attached hydrogen (secondary N) is 2. The summed E-state index contributed by atoms with van der Waals surface area (Å²) in [5.41, 5.74) is 1.97. The second-order valence-electron chi connectivity index (χ2n) is 4.27. The van der Waals surface area contributed by atoms with Crippen LogP contribution >= 0.6 is 15.9 Å². The lowest BCUT2D eigenvalue weighted by Gasteiger charge is -2.25. The Labute approximate surface area is 104 Å². The molecule has 1 aromatic carbocycles. The first-order valence-corrected chi connectivity index (χ1v) is 6.39. The molecule has 1 aliphatic rings. The van der Waals surface area contributed by atoms with E-state index >= 15 is 0 Å². The predicted molar refractivity (Wildman–Crippen MR) is 68.4 cm³/mol. The molecule has 88 valence electrons. The lowest BCUT2D eigenvalue weighted by Crippen LogP contribution is -2.38. The summed E-state index contributed by atoms with van der Waals surface area (Å²) in [4.78, 5) is 0. The van der Waals surface area contributed by atoms with Gasteiger partial charge in [0, 0.05) is 18.3 Å². The van der Waals surface area contributed by atoms with Gasteiger partial charge in [0.05, 0.1) is 4.47 Å². The summed E-state index contributed by atoms with van der Waals surface area (Å²) < 4.78 is 13.8. The molecule has 0 radical (unpaired) electrons. The van der Waals surface area contributed by atoms with E-state index in [0.29, 0.717) is 10.5 Å². The summed E-state index contributed by atoms with van der Waals surface area (Å²) in [6.45, 7) is 4.01. The Morgan fingerprint density at radius 3 is 3.00 bits per heavy atom. The van der Waals surface area contributed by atoms with Crippen LogP contribution in [0.5, 0.6) is 0 Å². The van der Waals surface area contributed by atoms with Crippen LogP contribution in [-0.4, -0.2) is 19.1 Å². The van der Waals surface area contributed by atoms with Crippen LogP contribution in [0.25, 0.3) is 0 Å². The first-order chi connectivity index (χ1) is 7.66. The fourth-order valence-electron chi connectivity index (χ4n) is 2.00. The lowest BCUT2D eigenvalue weighted by molar-refractivity contribution is 0.479. The van der Waals surface area contributed by atoms with Crippen LogP contribution in [0.4, 0.5) is 10.1 Å². The van der Waals surface area contributed by atoms with E-state index < -0.39 is 0 Å². The highest BCUT2D eigenvalue weighted by Crippen LogP contribution is 2.25. The van der Waals surface area contributed by atoms with Crippen LogP contribution in [0.1, 0.15) is 18.4 Å². The minimum Gasteiger partial charge on any atom is -0.381 e. The number of rotatable bonds is 2. The smallest absolute Gasteiger partial charge is 0.137 e. The average Bonchev–Trinajstić information content (AvgIpc) is 2.27. The van der Waals surface area contributed by atoms with Gasteiger partial charge in [0.2, 0.25) is 0 Å². The van der Waals surface area contributed by atoms with Crippen molar-refractivity contribution in [1.82, 2.24) is 5.32 Å². The quantitative estimate of drug-likeness (QED) is 0.873. The zero-order valence-electron chi connectivity index (χ0n) is 9.32. The summed E-state index contributed by atoms with van der Waals surface area (Å²) in [6.07, 6.45) is 2.36. The molecule has 2 nitrogen and oxygen atoms in total. The third-order valence-electron chi connectivity index (χ3n) is 2.92. The lowest BCUT2D eigenvalue weighted by atomic mass is 10.1. The van der Waals surface area contributed by atoms with Crippen molar-refractivity contribution in [2.45, 2.75) is 25.8 Å². The summed E-state index contributed by atoms with van der Waals surface area (Å²) in [6, 6.07) is 3.83. The van der Waals surface area contributed by atoms with E-state index in [2.05, 4.69) is 26.6 Å². The predicted octanol–water partition coefficient (Wildman–Crippen LogP) is 3.06. The molecular formula is C12H16BrFN2. The number of hydrogen-bond acceptors (Lipinski definition) is 2. The van der Waals surface area contributed by atoms with Crippen LogP contribution in [0, 0.1) is 12.7 Å². The maximum Gasteiger partial charge on any atom is 0.137 e. The summed E-state index contributed by atoms with van der Waals surface area (Å²) >= 11 is 3.21. The van der Waals surface area contributed by atoms with E-state index in [1.807, 2.05) is 13.0 Å². The Morgan fingerprint density at radius 2 is 2.31 bits per heavy atom. The van der Waals surface area contributed by atoms with E-state index in [-0.39, 0.29) is 5.82 Å². The SMILES string of the molecule is Cc1cc(F)c(Br)cc1NC1CCCNC1. The average molecular weight is 287 g/mol. The molecule has 1 heterocycles. The molecule has 1 aromatic rings. The molecular weight excluding hydrogens is 271 g/mol. The fourth-order valence-corrected chi connectivity index (χ4v) is 2.34. The summed E-state index contributed by atoms with van der Waals surface area (Å²) in [5, 5.41) is 6.81. The molecule has 2 rings (SSSR count). The molecule has 1 unspecified atom stereocenters. The van der Waals surface area contributed by atoms with Crippen LogP contribution in [0.3, 0.4) is 0 Å². The van der Waals surface area contributed by atoms with Gasteiger partial charge >= 0.3 is 0 Å². The van der Waals surface area contributed by atoms with Crippen LogP contribution in [0.15, 0.2) is 16.6 Å². The summed E-state index contributed by atoms with van der Waals surface area (Å²) in [5.74, 6) is -0.204. The van der Waals surface area contributed by atoms with Crippen molar-refractivity contribution < 1.29 is 4.39 Å². The maximum atomic E-state index is 13.3. The molecule has 0 spiro atoms. The van der Waals surface area contributed by atoms with Gasteiger partial charge in [-0.2, -0.15) is 0 Å². The molecule has 1 fully saturated rings. The molecule has 0 aromatic heterocycles. The highest BCUT2D eigenvalue weighted by Gasteiger charge is 2.14. The highest BCUT2D eigenvalue weighted by atomic mass is 79.9. The molecule has 0 aliphatic carbocycles. The second kappa shape index (κ2) is 5.15. The van der Waals surface area contributed by atoms with Gasteiger partial charge in [-0.25, -0.2) is 4.39 Å². The largest absolute Gasteiger partial charge is 0.381 e. The van der Waals surface area contributed by atoms with Crippen molar-refractivity contribution in [2.75, 3.05) is 18.4 Å². The van der Waals surface area contributed by atoms with Gasteiger partial charge in [-0.15, -0.1) is 0 Å². The number of anilines is 1. The molecule has 1 saturated heterocycles. The molecule has 1 aliphatic heterocycles. The van der Waals surface area contributed by atoms with Gasteiger partial charge in [0.25, 0.3) is 0 Å². The third-order valence-corrected chi connectivity index (χ3v) is 3.53. The Kier molecular flexibility index (Phi) is 3.82. The number of halogens is 2. The number of aryl methyl sites for hydroxylation is 1. The molecule has 16 heavy (non-hydrogen) atoms. The van der Waals surface area contributed by atoms with Crippen LogP contribution in [0.2, 0.25) is 0 Å². The molecule has 0 bridgehead atoms. The minimum atomic E-state index is -0.204. The second-order valence-corrected chi connectivity index (χ2v) is 5.12. The molecule has 1 atom stereocenters. The zero-order valence-corrected chi connectivity index (χ0v) is 10.9. The van der Waals surface area contributed by atoms with Gasteiger partial charge in [0.15, 0.2) is 0 Å². The van der Waals surface area contributed by atoms with Gasteiger partial charge in [-0.1, -0.05) is 0 Å². The topological polar surface area (TPSA) is 24.1 Å². The summed E-state index contributed by atoms with van der Waals surface area (Å²) in [7, 11) is 0. The first kappa shape index (κ1) is 11.9. The molecule has 4 heteroatoms. The highest BCUT2D eigenvalue weighted by molar-refractivity contribution is 9.10. The van der Waals surface area contributed by atoms with E-state index in [1.54, 1.807) is 6.07 Å². The van der Waals surface area contributed by atoms with Crippen molar-refractivity contribution in [3.8, 4) is 0 Å². The Balaban J connectivity index is 2.11. The number of benzene rings is 1. The fraction of sp³-hybridized carbons (Fsp3) is 0.500. The van der Waals surface area contributed by atoms with Crippen molar-refractivity contribution in [2.24, 2.45) is 0 Å². The zero-order chi connectivity index (χ0) is 11.5. The van der Waals surface area contributed by atoms with E-state index in [9.17, 15) is 4.39 Å². The standard InChI is InChI=1S/C12H16BrFN2/c1-8-5-11(14)10(13)6-12(8)16-9-3-2-4-15-7-9/h5-6,9,15-16H,2-4,7H2,1H3. The van der Waals surface area contributed by atoms with Crippen LogP contribution in [-0.2, 0) is 0 Å². The third kappa shape index (κ3) is 2.74. The monoisotopic (exact) mass is 286 g/mol. The van der Waals surface area contributed by atoms with Crippen molar-refractivity contribution in [3.05, 3.63) is 28.0 Å². The minimum absolute atomic E-state index is 0.204. The van der Waals surface area contributed by atoms with Gasteiger partial charge in [0.1, 0.15) is 5.82 Å². The van der Waals surface area contributed by atoms with E-state index in [4.69, 9.17) is 0 Å². The molecule has 0 saturated carbocycles. The maximum absolute atomic E-state index is 13.3. The van der Waals surface area contributed by atoms with Gasteiger partial charge in [-0.3, -0.25) is 0 Å². The van der Waals surface area contributed by atoms with E-state index in [0.717, 1.165) is 24.3 Å². The van der Waals surface area contributed by atoms with Crippen molar-refractivity contribution in [1.29, 1.82) is 0 Å². The van der Waals surface area contributed by atoms with Gasteiger partial charge < -0.3 is 10.6 Å². The molecule has 0 amide bonds. The van der Waals surface area contributed by atoms with Crippen LogP contribution < -0.4 is 10.6 Å². The molecule has 2 N–H and O–H groups in total. The first-order valence-electron chi connectivity index (χ1n) is 5.59. The van der Waals surface area contributed by atoms with E-state index in [1.165, 1.54) is 12.8 Å². The Hall–Kier alpha value is -0.610. The number of piperidine rings is 1. The normalized spacial score (nSPS) is 20.8. The Morgan fingerprint density at radius 1 is 1.50 bits per heavy atom.